The van der Waals surface area contributed by atoms with Gasteiger partial charge in [-0.3, -0.25) is 4.98 Å². The average molecular weight is 285 g/mol. The zero-order valence-corrected chi connectivity index (χ0v) is 13.2. The predicted octanol–water partition coefficient (Wildman–Crippen LogP) is 2.81. The van der Waals surface area contributed by atoms with E-state index in [1.165, 1.54) is 0 Å². The lowest BCUT2D eigenvalue weighted by atomic mass is 10.2. The van der Waals surface area contributed by atoms with Gasteiger partial charge in [-0.15, -0.1) is 0 Å². The first-order valence-corrected chi connectivity index (χ1v) is 7.39. The van der Waals surface area contributed by atoms with Gasteiger partial charge in [0, 0.05) is 31.8 Å². The highest BCUT2D eigenvalue weighted by Crippen LogP contribution is 2.24. The smallest absolute Gasteiger partial charge is 0.137 e. The van der Waals surface area contributed by atoms with Gasteiger partial charge >= 0.3 is 0 Å². The van der Waals surface area contributed by atoms with Crippen LogP contribution in [0.15, 0.2) is 24.4 Å². The van der Waals surface area contributed by atoms with Crippen molar-refractivity contribution in [3.8, 4) is 0 Å². The third-order valence-corrected chi connectivity index (χ3v) is 3.48. The van der Waals surface area contributed by atoms with Crippen molar-refractivity contribution in [3.63, 3.8) is 0 Å². The van der Waals surface area contributed by atoms with E-state index in [-0.39, 0.29) is 0 Å². The van der Waals surface area contributed by atoms with E-state index in [9.17, 15) is 0 Å². The normalized spacial score (nSPS) is 10.5. The Morgan fingerprint density at radius 1 is 1.19 bits per heavy atom. The number of nitrogens with zero attached hydrogens (tertiary/aromatic N) is 4. The van der Waals surface area contributed by atoms with Gasteiger partial charge in [-0.25, -0.2) is 9.97 Å². The summed E-state index contributed by atoms with van der Waals surface area (Å²) in [5.74, 6) is 2.75. The summed E-state index contributed by atoms with van der Waals surface area (Å²) in [5.41, 5.74) is 2.12. The Balaban J connectivity index is 2.37. The van der Waals surface area contributed by atoms with Crippen molar-refractivity contribution >= 4 is 11.6 Å². The van der Waals surface area contributed by atoms with Crippen molar-refractivity contribution in [2.45, 2.75) is 33.7 Å². The lowest BCUT2D eigenvalue weighted by Crippen LogP contribution is -2.25. The maximum absolute atomic E-state index is 4.71. The minimum Gasteiger partial charge on any atom is -0.373 e. The molecule has 0 fully saturated rings. The van der Waals surface area contributed by atoms with Crippen LogP contribution in [0.4, 0.5) is 11.6 Å². The molecule has 1 N–H and O–H groups in total. The molecule has 0 radical (unpaired) electrons. The van der Waals surface area contributed by atoms with Gasteiger partial charge in [0.25, 0.3) is 0 Å². The van der Waals surface area contributed by atoms with E-state index >= 15 is 0 Å². The fourth-order valence-corrected chi connectivity index (χ4v) is 2.28. The number of nitrogens with one attached hydrogen (secondary N) is 1. The number of hydrogen-bond acceptors (Lipinski definition) is 5. The summed E-state index contributed by atoms with van der Waals surface area (Å²) < 4.78 is 0. The van der Waals surface area contributed by atoms with E-state index in [1.54, 1.807) is 0 Å². The Hall–Kier alpha value is -2.17. The zero-order valence-electron chi connectivity index (χ0n) is 13.2. The first kappa shape index (κ1) is 15.2. The molecule has 0 amide bonds. The Morgan fingerprint density at radius 3 is 2.57 bits per heavy atom. The Morgan fingerprint density at radius 2 is 2.00 bits per heavy atom. The standard InChI is InChI=1S/C16H23N5/c1-5-14-19-15(17-4)12(3)16(20-14)21(6-2)11-13-9-7-8-10-18-13/h7-10H,5-6,11H2,1-4H3,(H,17,19,20). The number of rotatable bonds is 6. The second-order valence-corrected chi connectivity index (χ2v) is 4.88. The molecule has 0 saturated heterocycles. The van der Waals surface area contributed by atoms with Gasteiger partial charge in [0.2, 0.25) is 0 Å². The van der Waals surface area contributed by atoms with Crippen LogP contribution in [-0.4, -0.2) is 28.5 Å². The van der Waals surface area contributed by atoms with Crippen LogP contribution < -0.4 is 10.2 Å². The molecule has 2 aromatic rings. The second-order valence-electron chi connectivity index (χ2n) is 4.88. The molecule has 2 aromatic heterocycles. The number of aryl methyl sites for hydroxylation is 1. The first-order valence-electron chi connectivity index (χ1n) is 7.39. The zero-order chi connectivity index (χ0) is 15.2. The molecule has 0 aliphatic heterocycles. The molecule has 5 heteroatoms. The summed E-state index contributed by atoms with van der Waals surface area (Å²) in [4.78, 5) is 15.9. The summed E-state index contributed by atoms with van der Waals surface area (Å²) in [6.07, 6.45) is 2.65. The Kier molecular flexibility index (Phi) is 5.09. The van der Waals surface area contributed by atoms with Crippen LogP contribution in [0.25, 0.3) is 0 Å². The van der Waals surface area contributed by atoms with Crippen LogP contribution in [0.5, 0.6) is 0 Å². The lowest BCUT2D eigenvalue weighted by Gasteiger charge is -2.24. The van der Waals surface area contributed by atoms with Crippen LogP contribution in [0, 0.1) is 6.92 Å². The number of hydrogen-bond donors (Lipinski definition) is 1. The average Bonchev–Trinajstić information content (AvgIpc) is 2.54. The van der Waals surface area contributed by atoms with Gasteiger partial charge in [-0.2, -0.15) is 0 Å². The Bertz CT molecular complexity index is 583. The molecular formula is C16H23N5. The highest BCUT2D eigenvalue weighted by Gasteiger charge is 2.15. The van der Waals surface area contributed by atoms with Gasteiger partial charge in [0.05, 0.1) is 12.2 Å². The predicted molar refractivity (Wildman–Crippen MR) is 86.7 cm³/mol. The highest BCUT2D eigenvalue weighted by atomic mass is 15.2. The van der Waals surface area contributed by atoms with Crippen molar-refractivity contribution in [2.24, 2.45) is 0 Å². The second kappa shape index (κ2) is 7.02. The van der Waals surface area contributed by atoms with E-state index in [4.69, 9.17) is 4.98 Å². The molecule has 0 atom stereocenters. The van der Waals surface area contributed by atoms with E-state index in [1.807, 2.05) is 31.4 Å². The molecule has 0 bridgehead atoms. The minimum absolute atomic E-state index is 0.751. The molecule has 5 nitrogen and oxygen atoms in total. The van der Waals surface area contributed by atoms with Crippen LogP contribution in [0.2, 0.25) is 0 Å². The maximum Gasteiger partial charge on any atom is 0.137 e. The van der Waals surface area contributed by atoms with E-state index in [0.29, 0.717) is 0 Å². The summed E-state index contributed by atoms with van der Waals surface area (Å²) in [7, 11) is 1.90. The SMILES string of the molecule is CCc1nc(NC)c(C)c(N(CC)Cc2ccccn2)n1. The molecule has 0 aromatic carbocycles. The summed E-state index contributed by atoms with van der Waals surface area (Å²) >= 11 is 0. The van der Waals surface area contributed by atoms with Gasteiger partial charge in [-0.1, -0.05) is 13.0 Å². The molecule has 2 heterocycles. The summed E-state index contributed by atoms with van der Waals surface area (Å²) in [6.45, 7) is 7.89. The largest absolute Gasteiger partial charge is 0.373 e. The van der Waals surface area contributed by atoms with Crippen LogP contribution in [0.3, 0.4) is 0 Å². The fraction of sp³-hybridized carbons (Fsp3) is 0.438. The van der Waals surface area contributed by atoms with Crippen LogP contribution in [-0.2, 0) is 13.0 Å². The van der Waals surface area contributed by atoms with Crippen molar-refractivity contribution in [3.05, 3.63) is 41.5 Å². The summed E-state index contributed by atoms with van der Waals surface area (Å²) in [5, 5.41) is 3.16. The first-order chi connectivity index (χ1) is 10.2. The van der Waals surface area contributed by atoms with E-state index in [0.717, 1.165) is 48.2 Å². The third-order valence-electron chi connectivity index (χ3n) is 3.48. The number of pyridine rings is 1. The van der Waals surface area contributed by atoms with Crippen molar-refractivity contribution in [1.82, 2.24) is 15.0 Å². The quantitative estimate of drug-likeness (QED) is 0.884. The molecule has 21 heavy (non-hydrogen) atoms. The van der Waals surface area contributed by atoms with Gasteiger partial charge in [0.1, 0.15) is 17.5 Å². The van der Waals surface area contributed by atoms with Gasteiger partial charge in [0.15, 0.2) is 0 Å². The molecule has 0 aliphatic carbocycles. The highest BCUT2D eigenvalue weighted by molar-refractivity contribution is 5.58. The van der Waals surface area contributed by atoms with E-state index < -0.39 is 0 Å². The monoisotopic (exact) mass is 285 g/mol. The molecular weight excluding hydrogens is 262 g/mol. The molecule has 0 unspecified atom stereocenters. The molecule has 0 aliphatic rings. The third kappa shape index (κ3) is 3.48. The lowest BCUT2D eigenvalue weighted by molar-refractivity contribution is 0.775. The summed E-state index contributed by atoms with van der Waals surface area (Å²) in [6, 6.07) is 5.99. The maximum atomic E-state index is 4.71. The topological polar surface area (TPSA) is 53.9 Å². The van der Waals surface area contributed by atoms with Gasteiger partial charge in [-0.05, 0) is 26.0 Å². The van der Waals surface area contributed by atoms with Gasteiger partial charge < -0.3 is 10.2 Å². The minimum atomic E-state index is 0.751. The van der Waals surface area contributed by atoms with Crippen molar-refractivity contribution < 1.29 is 0 Å². The van der Waals surface area contributed by atoms with E-state index in [2.05, 4.69) is 41.0 Å². The van der Waals surface area contributed by atoms with Crippen molar-refractivity contribution in [2.75, 3.05) is 23.8 Å². The van der Waals surface area contributed by atoms with Crippen LogP contribution in [0.1, 0.15) is 30.9 Å². The molecule has 112 valence electrons. The molecule has 2 rings (SSSR count). The van der Waals surface area contributed by atoms with Crippen molar-refractivity contribution in [1.29, 1.82) is 0 Å². The number of aromatic nitrogens is 3. The Labute approximate surface area is 126 Å². The van der Waals surface area contributed by atoms with Crippen LogP contribution >= 0.6 is 0 Å². The molecule has 0 spiro atoms. The number of anilines is 2. The molecule has 0 saturated carbocycles. The fourth-order valence-electron chi connectivity index (χ4n) is 2.28.